The Morgan fingerprint density at radius 3 is 2.38 bits per heavy atom. The van der Waals surface area contributed by atoms with Crippen LogP contribution >= 0.6 is 0 Å². The summed E-state index contributed by atoms with van der Waals surface area (Å²) in [5, 5.41) is 2.62. The Hall–Kier alpha value is -1.37. The maximum absolute atomic E-state index is 4.41. The molecule has 0 aliphatic heterocycles. The van der Waals surface area contributed by atoms with Gasteiger partial charge in [-0.25, -0.2) is 0 Å². The molecule has 0 radical (unpaired) electrons. The van der Waals surface area contributed by atoms with Crippen molar-refractivity contribution in [2.45, 2.75) is 40.0 Å². The zero-order chi connectivity index (χ0) is 11.9. The third kappa shape index (κ3) is 1.82. The molecule has 0 bridgehead atoms. The summed E-state index contributed by atoms with van der Waals surface area (Å²) in [6.07, 6.45) is 1.89. The zero-order valence-electron chi connectivity index (χ0n) is 10.8. The molecule has 0 N–H and O–H groups in total. The van der Waals surface area contributed by atoms with Gasteiger partial charge < -0.3 is 0 Å². The number of hydrogen-bond donors (Lipinski definition) is 0. The van der Waals surface area contributed by atoms with Gasteiger partial charge in [-0.1, -0.05) is 38.5 Å². The molecular weight excluding hydrogens is 194 g/mol. The Balaban J connectivity index is 2.91. The van der Waals surface area contributed by atoms with Crippen LogP contribution in [0.25, 0.3) is 10.8 Å². The highest BCUT2D eigenvalue weighted by atomic mass is 14.7. The largest absolute Gasteiger partial charge is 0.261 e. The molecule has 1 heteroatoms. The van der Waals surface area contributed by atoms with Crippen LogP contribution in [0.15, 0.2) is 24.4 Å². The standard InChI is InChI=1S/C15H19N/c1-10-8-12-6-7-16-11(2)14(12)13(9-10)15(3,4)5/h6-9H,1-5H3. The van der Waals surface area contributed by atoms with E-state index in [2.05, 4.69) is 57.8 Å². The van der Waals surface area contributed by atoms with Gasteiger partial charge in [-0.15, -0.1) is 0 Å². The minimum absolute atomic E-state index is 0.165. The fourth-order valence-electron chi connectivity index (χ4n) is 2.24. The van der Waals surface area contributed by atoms with Gasteiger partial charge in [0.15, 0.2) is 0 Å². The second kappa shape index (κ2) is 3.58. The van der Waals surface area contributed by atoms with Crippen molar-refractivity contribution in [2.24, 2.45) is 0 Å². The van der Waals surface area contributed by atoms with E-state index in [4.69, 9.17) is 0 Å². The van der Waals surface area contributed by atoms with E-state index >= 15 is 0 Å². The third-order valence-corrected chi connectivity index (χ3v) is 3.01. The van der Waals surface area contributed by atoms with Crippen molar-refractivity contribution < 1.29 is 0 Å². The van der Waals surface area contributed by atoms with Crippen molar-refractivity contribution in [1.82, 2.24) is 4.98 Å². The van der Waals surface area contributed by atoms with Crippen molar-refractivity contribution in [3.63, 3.8) is 0 Å². The first-order valence-electron chi connectivity index (χ1n) is 5.76. The Morgan fingerprint density at radius 1 is 1.06 bits per heavy atom. The number of pyridine rings is 1. The van der Waals surface area contributed by atoms with Gasteiger partial charge in [-0.2, -0.15) is 0 Å². The van der Waals surface area contributed by atoms with Crippen LogP contribution in [0.3, 0.4) is 0 Å². The lowest BCUT2D eigenvalue weighted by Crippen LogP contribution is -2.12. The lowest BCUT2D eigenvalue weighted by Gasteiger charge is -2.23. The van der Waals surface area contributed by atoms with E-state index in [9.17, 15) is 0 Å². The predicted octanol–water partition coefficient (Wildman–Crippen LogP) is 4.15. The van der Waals surface area contributed by atoms with Crippen molar-refractivity contribution in [2.75, 3.05) is 0 Å². The minimum Gasteiger partial charge on any atom is -0.261 e. The van der Waals surface area contributed by atoms with Gasteiger partial charge in [-0.3, -0.25) is 4.98 Å². The first-order chi connectivity index (χ1) is 7.39. The topological polar surface area (TPSA) is 12.9 Å². The summed E-state index contributed by atoms with van der Waals surface area (Å²) in [4.78, 5) is 4.41. The van der Waals surface area contributed by atoms with E-state index in [0.29, 0.717) is 0 Å². The Labute approximate surface area is 97.5 Å². The van der Waals surface area contributed by atoms with E-state index in [0.717, 1.165) is 5.69 Å². The molecule has 0 fully saturated rings. The molecule has 0 saturated carbocycles. The number of aryl methyl sites for hydroxylation is 2. The predicted molar refractivity (Wildman–Crippen MR) is 69.9 cm³/mol. The third-order valence-electron chi connectivity index (χ3n) is 3.01. The fraction of sp³-hybridized carbons (Fsp3) is 0.400. The highest BCUT2D eigenvalue weighted by molar-refractivity contribution is 5.89. The molecule has 2 rings (SSSR count). The van der Waals surface area contributed by atoms with E-state index < -0.39 is 0 Å². The summed E-state index contributed by atoms with van der Waals surface area (Å²) in [6.45, 7) is 11.0. The summed E-state index contributed by atoms with van der Waals surface area (Å²) in [7, 11) is 0. The number of benzene rings is 1. The second-order valence-electron chi connectivity index (χ2n) is 5.56. The van der Waals surface area contributed by atoms with Crippen LogP contribution in [-0.2, 0) is 5.41 Å². The molecule has 1 heterocycles. The summed E-state index contributed by atoms with van der Waals surface area (Å²) >= 11 is 0. The molecule has 2 aromatic rings. The monoisotopic (exact) mass is 213 g/mol. The zero-order valence-corrected chi connectivity index (χ0v) is 10.8. The quantitative estimate of drug-likeness (QED) is 0.640. The number of nitrogens with zero attached hydrogens (tertiary/aromatic N) is 1. The van der Waals surface area contributed by atoms with E-state index in [-0.39, 0.29) is 5.41 Å². The molecule has 0 amide bonds. The lowest BCUT2D eigenvalue weighted by molar-refractivity contribution is 0.595. The van der Waals surface area contributed by atoms with Gasteiger partial charge in [0.2, 0.25) is 0 Å². The van der Waals surface area contributed by atoms with Crippen molar-refractivity contribution in [3.8, 4) is 0 Å². The van der Waals surface area contributed by atoms with Crippen LogP contribution in [-0.4, -0.2) is 4.98 Å². The fourth-order valence-corrected chi connectivity index (χ4v) is 2.24. The van der Waals surface area contributed by atoms with Crippen LogP contribution < -0.4 is 0 Å². The molecular formula is C15H19N. The highest BCUT2D eigenvalue weighted by Crippen LogP contribution is 2.32. The number of hydrogen-bond acceptors (Lipinski definition) is 1. The minimum atomic E-state index is 0.165. The van der Waals surface area contributed by atoms with E-state index in [1.54, 1.807) is 0 Å². The van der Waals surface area contributed by atoms with Crippen molar-refractivity contribution in [1.29, 1.82) is 0 Å². The molecule has 16 heavy (non-hydrogen) atoms. The molecule has 0 aliphatic carbocycles. The van der Waals surface area contributed by atoms with E-state index in [1.807, 2.05) is 6.20 Å². The number of aromatic nitrogens is 1. The smallest absolute Gasteiger partial charge is 0.0453 e. The van der Waals surface area contributed by atoms with E-state index in [1.165, 1.54) is 21.9 Å². The summed E-state index contributed by atoms with van der Waals surface area (Å²) < 4.78 is 0. The molecule has 0 unspecified atom stereocenters. The van der Waals surface area contributed by atoms with Gasteiger partial charge in [0.1, 0.15) is 0 Å². The maximum atomic E-state index is 4.41. The highest BCUT2D eigenvalue weighted by Gasteiger charge is 2.18. The summed E-state index contributed by atoms with van der Waals surface area (Å²) in [5.74, 6) is 0. The van der Waals surface area contributed by atoms with Crippen LogP contribution in [0.4, 0.5) is 0 Å². The SMILES string of the molecule is Cc1cc(C(C)(C)C)c2c(C)nccc2c1. The van der Waals surface area contributed by atoms with Crippen LogP contribution in [0.1, 0.15) is 37.6 Å². The maximum Gasteiger partial charge on any atom is 0.0453 e. The van der Waals surface area contributed by atoms with Crippen LogP contribution in [0, 0.1) is 13.8 Å². The van der Waals surface area contributed by atoms with Crippen molar-refractivity contribution >= 4 is 10.8 Å². The first-order valence-corrected chi connectivity index (χ1v) is 5.76. The average molecular weight is 213 g/mol. The van der Waals surface area contributed by atoms with Gasteiger partial charge in [0, 0.05) is 17.3 Å². The Kier molecular flexibility index (Phi) is 2.49. The molecule has 0 aliphatic rings. The molecule has 1 aromatic carbocycles. The molecule has 1 aromatic heterocycles. The first kappa shape index (κ1) is 11.1. The van der Waals surface area contributed by atoms with Gasteiger partial charge >= 0.3 is 0 Å². The number of rotatable bonds is 0. The van der Waals surface area contributed by atoms with Crippen LogP contribution in [0.5, 0.6) is 0 Å². The lowest BCUT2D eigenvalue weighted by atomic mass is 9.82. The molecule has 84 valence electrons. The molecule has 0 spiro atoms. The van der Waals surface area contributed by atoms with Gasteiger partial charge in [-0.05, 0) is 36.3 Å². The Morgan fingerprint density at radius 2 is 1.75 bits per heavy atom. The summed E-state index contributed by atoms with van der Waals surface area (Å²) in [6, 6.07) is 6.63. The number of fused-ring (bicyclic) bond motifs is 1. The molecule has 1 nitrogen and oxygen atoms in total. The summed E-state index contributed by atoms with van der Waals surface area (Å²) in [5.41, 5.74) is 4.01. The van der Waals surface area contributed by atoms with Crippen LogP contribution in [0.2, 0.25) is 0 Å². The van der Waals surface area contributed by atoms with Crippen molar-refractivity contribution in [3.05, 3.63) is 41.2 Å². The van der Waals surface area contributed by atoms with Gasteiger partial charge in [0.05, 0.1) is 0 Å². The second-order valence-corrected chi connectivity index (χ2v) is 5.56. The van der Waals surface area contributed by atoms with Gasteiger partial charge in [0.25, 0.3) is 0 Å². The Bertz CT molecular complexity index is 533. The average Bonchev–Trinajstić information content (AvgIpc) is 2.15. The normalized spacial score (nSPS) is 12.1. The molecule has 0 atom stereocenters. The molecule has 0 saturated heterocycles.